The fourth-order valence-corrected chi connectivity index (χ4v) is 3.88. The van der Waals surface area contributed by atoms with Crippen molar-refractivity contribution in [2.24, 2.45) is 12.0 Å². The Morgan fingerprint density at radius 1 is 1.24 bits per heavy atom. The van der Waals surface area contributed by atoms with Crippen LogP contribution in [0.15, 0.2) is 60.1 Å². The molecule has 1 atom stereocenters. The van der Waals surface area contributed by atoms with Crippen molar-refractivity contribution in [3.8, 4) is 0 Å². The monoisotopic (exact) mass is 391 g/mol. The first-order chi connectivity index (χ1) is 14.2. The van der Waals surface area contributed by atoms with Gasteiger partial charge in [-0.1, -0.05) is 24.3 Å². The molecule has 4 rings (SSSR count). The third kappa shape index (κ3) is 4.85. The van der Waals surface area contributed by atoms with Crippen molar-refractivity contribution in [2.75, 3.05) is 19.6 Å². The topological polar surface area (TPSA) is 63.3 Å². The van der Waals surface area contributed by atoms with Crippen molar-refractivity contribution in [1.29, 1.82) is 0 Å². The lowest BCUT2D eigenvalue weighted by Crippen LogP contribution is -2.40. The zero-order chi connectivity index (χ0) is 20.1. The van der Waals surface area contributed by atoms with E-state index in [1.54, 1.807) is 0 Å². The number of benzene rings is 1. The molecule has 3 aromatic rings. The van der Waals surface area contributed by atoms with Gasteiger partial charge in [0.05, 0.1) is 19.3 Å². The first-order valence-corrected chi connectivity index (χ1v) is 10.3. The maximum absolute atomic E-state index is 4.93. The number of hydrogen-bond acceptors (Lipinski definition) is 3. The van der Waals surface area contributed by atoms with Crippen LogP contribution in [-0.4, -0.2) is 50.1 Å². The maximum atomic E-state index is 4.93. The predicted molar refractivity (Wildman–Crippen MR) is 115 cm³/mol. The molecule has 29 heavy (non-hydrogen) atoms. The van der Waals surface area contributed by atoms with Gasteiger partial charge in [0, 0.05) is 51.2 Å². The Bertz CT molecular complexity index is 942. The smallest absolute Gasteiger partial charge is 0.194 e. The minimum atomic E-state index is 0.518. The second kappa shape index (κ2) is 8.94. The third-order valence-corrected chi connectivity index (χ3v) is 5.33. The van der Waals surface area contributed by atoms with Crippen molar-refractivity contribution in [3.05, 3.63) is 71.8 Å². The molecule has 0 bridgehead atoms. The Labute approximate surface area is 172 Å². The lowest BCUT2D eigenvalue weighted by Gasteiger charge is -2.21. The van der Waals surface area contributed by atoms with E-state index in [2.05, 4.69) is 57.8 Å². The van der Waals surface area contributed by atoms with Crippen molar-refractivity contribution >= 4 is 5.96 Å². The van der Waals surface area contributed by atoms with Crippen LogP contribution in [0.25, 0.3) is 0 Å². The molecule has 1 aliphatic heterocycles. The molecular weight excluding hydrogens is 362 g/mol. The van der Waals surface area contributed by atoms with E-state index in [4.69, 9.17) is 4.99 Å². The standard InChI is InChI=1S/C22H29N7/c1-3-23-22(28-11-8-20(17-28)21-14-26-27(2)16-21)24-13-18-6-4-7-19(12-18)15-29-10-5-9-25-29/h4-7,9-10,12,14,16,20H,3,8,11,13,15,17H2,1-2H3,(H,23,24). The average Bonchev–Trinajstić information content (AvgIpc) is 3.47. The van der Waals surface area contributed by atoms with Crippen LogP contribution in [0.1, 0.15) is 36.0 Å². The summed E-state index contributed by atoms with van der Waals surface area (Å²) >= 11 is 0. The molecule has 1 unspecified atom stereocenters. The summed E-state index contributed by atoms with van der Waals surface area (Å²) in [4.78, 5) is 7.30. The number of nitrogens with one attached hydrogen (secondary N) is 1. The van der Waals surface area contributed by atoms with Gasteiger partial charge < -0.3 is 10.2 Å². The molecule has 1 aliphatic rings. The number of hydrogen-bond donors (Lipinski definition) is 1. The largest absolute Gasteiger partial charge is 0.357 e. The summed E-state index contributed by atoms with van der Waals surface area (Å²) in [5, 5.41) is 12.1. The van der Waals surface area contributed by atoms with E-state index in [0.29, 0.717) is 12.5 Å². The zero-order valence-corrected chi connectivity index (χ0v) is 17.2. The Balaban J connectivity index is 1.42. The Kier molecular flexibility index (Phi) is 5.93. The molecule has 3 heterocycles. The summed E-state index contributed by atoms with van der Waals surface area (Å²) in [5.41, 5.74) is 3.77. The summed E-state index contributed by atoms with van der Waals surface area (Å²) in [6.45, 7) is 6.44. The fraction of sp³-hybridized carbons (Fsp3) is 0.409. The van der Waals surface area contributed by atoms with Gasteiger partial charge in [0.2, 0.25) is 0 Å². The van der Waals surface area contributed by atoms with Gasteiger partial charge in [0.1, 0.15) is 0 Å². The average molecular weight is 392 g/mol. The van der Waals surface area contributed by atoms with Crippen LogP contribution in [0, 0.1) is 0 Å². The first-order valence-electron chi connectivity index (χ1n) is 10.3. The molecule has 1 N–H and O–H groups in total. The highest BCUT2D eigenvalue weighted by Gasteiger charge is 2.26. The Morgan fingerprint density at radius 2 is 2.14 bits per heavy atom. The van der Waals surface area contributed by atoms with Crippen LogP contribution in [0.4, 0.5) is 0 Å². The van der Waals surface area contributed by atoms with Crippen LogP contribution >= 0.6 is 0 Å². The van der Waals surface area contributed by atoms with E-state index < -0.39 is 0 Å². The summed E-state index contributed by atoms with van der Waals surface area (Å²) in [5.74, 6) is 1.52. The van der Waals surface area contributed by atoms with Crippen molar-refractivity contribution in [1.82, 2.24) is 29.8 Å². The number of rotatable bonds is 6. The molecule has 0 saturated carbocycles. The molecule has 1 saturated heterocycles. The number of guanidine groups is 1. The molecule has 152 valence electrons. The van der Waals surface area contributed by atoms with Gasteiger partial charge in [-0.15, -0.1) is 0 Å². The number of aromatic nitrogens is 4. The van der Waals surface area contributed by atoms with Crippen LogP contribution in [0.3, 0.4) is 0 Å². The first kappa shape index (κ1) is 19.2. The zero-order valence-electron chi connectivity index (χ0n) is 17.2. The lowest BCUT2D eigenvalue weighted by atomic mass is 10.0. The summed E-state index contributed by atoms with van der Waals surface area (Å²) in [7, 11) is 1.97. The van der Waals surface area contributed by atoms with E-state index >= 15 is 0 Å². The highest BCUT2D eigenvalue weighted by Crippen LogP contribution is 2.26. The highest BCUT2D eigenvalue weighted by atomic mass is 15.3. The number of nitrogens with zero attached hydrogens (tertiary/aromatic N) is 6. The molecular formula is C22H29N7. The second-order valence-corrected chi connectivity index (χ2v) is 7.57. The van der Waals surface area contributed by atoms with E-state index in [0.717, 1.165) is 38.6 Å². The van der Waals surface area contributed by atoms with E-state index in [9.17, 15) is 0 Å². The van der Waals surface area contributed by atoms with Gasteiger partial charge in [-0.25, -0.2) is 4.99 Å². The van der Waals surface area contributed by atoms with E-state index in [1.165, 1.54) is 16.7 Å². The minimum absolute atomic E-state index is 0.518. The molecule has 0 radical (unpaired) electrons. The molecule has 7 heteroatoms. The molecule has 0 amide bonds. The van der Waals surface area contributed by atoms with E-state index in [-0.39, 0.29) is 0 Å². The molecule has 1 fully saturated rings. The van der Waals surface area contributed by atoms with Crippen molar-refractivity contribution in [3.63, 3.8) is 0 Å². The summed E-state index contributed by atoms with van der Waals surface area (Å²) in [6.07, 6.45) is 9.05. The minimum Gasteiger partial charge on any atom is -0.357 e. The third-order valence-electron chi connectivity index (χ3n) is 5.33. The van der Waals surface area contributed by atoms with Gasteiger partial charge in [-0.3, -0.25) is 9.36 Å². The van der Waals surface area contributed by atoms with Gasteiger partial charge in [-0.2, -0.15) is 10.2 Å². The fourth-order valence-electron chi connectivity index (χ4n) is 3.88. The van der Waals surface area contributed by atoms with Gasteiger partial charge in [0.15, 0.2) is 5.96 Å². The SMILES string of the molecule is CCNC(=NCc1cccc(Cn2cccn2)c1)N1CCC(c2cnn(C)c2)C1. The van der Waals surface area contributed by atoms with Crippen molar-refractivity contribution in [2.45, 2.75) is 32.4 Å². The van der Waals surface area contributed by atoms with Gasteiger partial charge >= 0.3 is 0 Å². The summed E-state index contributed by atoms with van der Waals surface area (Å²) < 4.78 is 3.82. The van der Waals surface area contributed by atoms with Crippen LogP contribution < -0.4 is 5.32 Å². The quantitative estimate of drug-likeness (QED) is 0.518. The molecule has 1 aromatic carbocycles. The number of likely N-dealkylation sites (tertiary alicyclic amines) is 1. The number of aliphatic imine (C=N–C) groups is 1. The summed E-state index contributed by atoms with van der Waals surface area (Å²) in [6, 6.07) is 10.6. The maximum Gasteiger partial charge on any atom is 0.194 e. The Morgan fingerprint density at radius 3 is 2.90 bits per heavy atom. The van der Waals surface area contributed by atoms with Crippen LogP contribution in [0.2, 0.25) is 0 Å². The predicted octanol–water partition coefficient (Wildman–Crippen LogP) is 2.62. The van der Waals surface area contributed by atoms with Crippen LogP contribution in [0.5, 0.6) is 0 Å². The van der Waals surface area contributed by atoms with E-state index in [1.807, 2.05) is 41.1 Å². The van der Waals surface area contributed by atoms with Crippen molar-refractivity contribution < 1.29 is 0 Å². The molecule has 2 aromatic heterocycles. The Hall–Kier alpha value is -3.09. The van der Waals surface area contributed by atoms with Crippen LogP contribution in [-0.2, 0) is 20.1 Å². The van der Waals surface area contributed by atoms with Gasteiger partial charge in [0.25, 0.3) is 0 Å². The second-order valence-electron chi connectivity index (χ2n) is 7.57. The molecule has 0 aliphatic carbocycles. The molecule has 7 nitrogen and oxygen atoms in total. The normalized spacial score (nSPS) is 17.1. The molecule has 0 spiro atoms. The number of aryl methyl sites for hydroxylation is 1. The van der Waals surface area contributed by atoms with Gasteiger partial charge in [-0.05, 0) is 36.1 Å². The lowest BCUT2D eigenvalue weighted by molar-refractivity contribution is 0.486. The highest BCUT2D eigenvalue weighted by molar-refractivity contribution is 5.80.